The van der Waals surface area contributed by atoms with Crippen LogP contribution < -0.4 is 11.1 Å². The molecular formula is C14H21N5O. The normalized spacial score (nSPS) is 20.4. The molecule has 6 heteroatoms. The van der Waals surface area contributed by atoms with E-state index in [2.05, 4.69) is 27.1 Å². The first-order valence-corrected chi connectivity index (χ1v) is 7.07. The monoisotopic (exact) mass is 275 g/mol. The van der Waals surface area contributed by atoms with Crippen molar-refractivity contribution in [2.75, 3.05) is 43.8 Å². The molecule has 1 fully saturated rings. The zero-order valence-corrected chi connectivity index (χ0v) is 11.7. The van der Waals surface area contributed by atoms with Crippen LogP contribution in [-0.2, 0) is 4.74 Å². The maximum atomic E-state index is 5.76. The van der Waals surface area contributed by atoms with Crippen LogP contribution in [-0.4, -0.2) is 53.8 Å². The number of anilines is 2. The lowest BCUT2D eigenvalue weighted by Crippen LogP contribution is -2.45. The third kappa shape index (κ3) is 2.86. The standard InChI is InChI=1S/C14H21N5O/c1-2-19-5-6-20-11(9-19)8-16-14-17-12-4-3-10(15)7-13(12)18-14/h3-4,7,11H,2,5-6,8-9,15H2,1H3,(H2,16,17,18). The summed E-state index contributed by atoms with van der Waals surface area (Å²) >= 11 is 0. The maximum absolute atomic E-state index is 5.76. The van der Waals surface area contributed by atoms with Crippen molar-refractivity contribution in [2.45, 2.75) is 13.0 Å². The smallest absolute Gasteiger partial charge is 0.201 e. The van der Waals surface area contributed by atoms with Crippen molar-refractivity contribution in [3.8, 4) is 0 Å². The fraction of sp³-hybridized carbons (Fsp3) is 0.500. The lowest BCUT2D eigenvalue weighted by molar-refractivity contribution is -0.0192. The molecule has 108 valence electrons. The van der Waals surface area contributed by atoms with E-state index in [0.29, 0.717) is 0 Å². The van der Waals surface area contributed by atoms with Crippen molar-refractivity contribution >= 4 is 22.7 Å². The summed E-state index contributed by atoms with van der Waals surface area (Å²) in [5.74, 6) is 0.767. The van der Waals surface area contributed by atoms with Gasteiger partial charge in [-0.05, 0) is 24.7 Å². The van der Waals surface area contributed by atoms with Gasteiger partial charge in [-0.25, -0.2) is 4.98 Å². The van der Waals surface area contributed by atoms with Gasteiger partial charge in [0.25, 0.3) is 0 Å². The number of aromatic amines is 1. The second-order valence-corrected chi connectivity index (χ2v) is 5.13. The fourth-order valence-corrected chi connectivity index (χ4v) is 2.51. The summed E-state index contributed by atoms with van der Waals surface area (Å²) in [6.45, 7) is 6.81. The first-order chi connectivity index (χ1) is 9.74. The second-order valence-electron chi connectivity index (χ2n) is 5.13. The molecule has 0 spiro atoms. The number of morpholine rings is 1. The third-order valence-corrected chi connectivity index (χ3v) is 3.67. The molecule has 4 N–H and O–H groups in total. The Morgan fingerprint density at radius 3 is 3.30 bits per heavy atom. The first kappa shape index (κ1) is 13.2. The minimum atomic E-state index is 0.210. The van der Waals surface area contributed by atoms with Gasteiger partial charge in [0.1, 0.15) is 0 Å². The van der Waals surface area contributed by atoms with E-state index in [1.807, 2.05) is 18.2 Å². The van der Waals surface area contributed by atoms with E-state index in [1.165, 1.54) is 0 Å². The topological polar surface area (TPSA) is 79.2 Å². The Balaban J connectivity index is 1.62. The SMILES string of the molecule is CCN1CCOC(CNc2nc3ccc(N)cc3[nH]2)C1. The molecule has 0 bridgehead atoms. The largest absolute Gasteiger partial charge is 0.399 e. The molecule has 1 aliphatic heterocycles. The molecule has 20 heavy (non-hydrogen) atoms. The molecule has 3 rings (SSSR count). The van der Waals surface area contributed by atoms with Gasteiger partial charge in [0, 0.05) is 25.3 Å². The van der Waals surface area contributed by atoms with Gasteiger partial charge in [0.05, 0.1) is 23.7 Å². The van der Waals surface area contributed by atoms with Crippen molar-refractivity contribution in [1.82, 2.24) is 14.9 Å². The second kappa shape index (κ2) is 5.68. The fourth-order valence-electron chi connectivity index (χ4n) is 2.51. The summed E-state index contributed by atoms with van der Waals surface area (Å²) in [5, 5.41) is 3.31. The lowest BCUT2D eigenvalue weighted by atomic mass is 10.2. The molecule has 1 unspecified atom stereocenters. The number of benzene rings is 1. The van der Waals surface area contributed by atoms with E-state index in [9.17, 15) is 0 Å². The highest BCUT2D eigenvalue weighted by Crippen LogP contribution is 2.17. The van der Waals surface area contributed by atoms with Crippen LogP contribution in [0, 0.1) is 0 Å². The molecule has 1 aromatic heterocycles. The average molecular weight is 275 g/mol. The van der Waals surface area contributed by atoms with E-state index in [0.717, 1.165) is 55.5 Å². The highest BCUT2D eigenvalue weighted by molar-refractivity contribution is 5.80. The molecule has 0 saturated carbocycles. The molecule has 0 aliphatic carbocycles. The number of hydrogen-bond donors (Lipinski definition) is 3. The van der Waals surface area contributed by atoms with Gasteiger partial charge >= 0.3 is 0 Å². The first-order valence-electron chi connectivity index (χ1n) is 7.07. The minimum Gasteiger partial charge on any atom is -0.399 e. The van der Waals surface area contributed by atoms with Crippen molar-refractivity contribution in [1.29, 1.82) is 0 Å². The lowest BCUT2D eigenvalue weighted by Gasteiger charge is -2.32. The summed E-state index contributed by atoms with van der Waals surface area (Å²) in [6.07, 6.45) is 0.210. The molecule has 0 radical (unpaired) electrons. The number of aromatic nitrogens is 2. The van der Waals surface area contributed by atoms with Crippen LogP contribution in [0.15, 0.2) is 18.2 Å². The number of nitrogens with one attached hydrogen (secondary N) is 2. The molecule has 2 aromatic rings. The van der Waals surface area contributed by atoms with Crippen LogP contribution in [0.25, 0.3) is 11.0 Å². The number of likely N-dealkylation sites (N-methyl/N-ethyl adjacent to an activating group) is 1. The van der Waals surface area contributed by atoms with Crippen LogP contribution >= 0.6 is 0 Å². The third-order valence-electron chi connectivity index (χ3n) is 3.67. The number of ether oxygens (including phenoxy) is 1. The molecule has 2 heterocycles. The van der Waals surface area contributed by atoms with E-state index in [4.69, 9.17) is 10.5 Å². The van der Waals surface area contributed by atoms with Crippen molar-refractivity contribution in [2.24, 2.45) is 0 Å². The van der Waals surface area contributed by atoms with Crippen molar-refractivity contribution in [3.63, 3.8) is 0 Å². The number of hydrogen-bond acceptors (Lipinski definition) is 5. The quantitative estimate of drug-likeness (QED) is 0.733. The van der Waals surface area contributed by atoms with Crippen LogP contribution in [0.1, 0.15) is 6.92 Å². The zero-order valence-electron chi connectivity index (χ0n) is 11.7. The Bertz CT molecular complexity index is 582. The molecular weight excluding hydrogens is 254 g/mol. The van der Waals surface area contributed by atoms with Gasteiger partial charge in [-0.2, -0.15) is 0 Å². The van der Waals surface area contributed by atoms with Gasteiger partial charge < -0.3 is 20.8 Å². The highest BCUT2D eigenvalue weighted by atomic mass is 16.5. The predicted octanol–water partition coefficient (Wildman–Crippen LogP) is 1.28. The number of fused-ring (bicyclic) bond motifs is 1. The van der Waals surface area contributed by atoms with Gasteiger partial charge in [-0.15, -0.1) is 0 Å². The van der Waals surface area contributed by atoms with Crippen LogP contribution in [0.2, 0.25) is 0 Å². The van der Waals surface area contributed by atoms with E-state index in [1.54, 1.807) is 0 Å². The Morgan fingerprint density at radius 1 is 1.55 bits per heavy atom. The van der Waals surface area contributed by atoms with Crippen LogP contribution in [0.5, 0.6) is 0 Å². The Hall–Kier alpha value is -1.79. The molecule has 1 aromatic carbocycles. The maximum Gasteiger partial charge on any atom is 0.201 e. The van der Waals surface area contributed by atoms with Crippen molar-refractivity contribution in [3.05, 3.63) is 18.2 Å². The number of rotatable bonds is 4. The van der Waals surface area contributed by atoms with Crippen molar-refractivity contribution < 1.29 is 4.74 Å². The van der Waals surface area contributed by atoms with Gasteiger partial charge in [-0.1, -0.05) is 6.92 Å². The van der Waals surface area contributed by atoms with E-state index in [-0.39, 0.29) is 6.10 Å². The van der Waals surface area contributed by atoms with Crippen LogP contribution in [0.3, 0.4) is 0 Å². The summed E-state index contributed by atoms with van der Waals surface area (Å²) < 4.78 is 5.76. The number of nitrogens with zero attached hydrogens (tertiary/aromatic N) is 2. The Morgan fingerprint density at radius 2 is 2.45 bits per heavy atom. The van der Waals surface area contributed by atoms with Gasteiger partial charge in [-0.3, -0.25) is 4.90 Å². The number of nitrogens with two attached hydrogens (primary N) is 1. The van der Waals surface area contributed by atoms with E-state index >= 15 is 0 Å². The highest BCUT2D eigenvalue weighted by Gasteiger charge is 2.19. The van der Waals surface area contributed by atoms with Gasteiger partial charge in [0.15, 0.2) is 0 Å². The summed E-state index contributed by atoms with van der Waals surface area (Å²) in [7, 11) is 0. The molecule has 1 atom stereocenters. The van der Waals surface area contributed by atoms with E-state index < -0.39 is 0 Å². The average Bonchev–Trinajstić information content (AvgIpc) is 2.87. The van der Waals surface area contributed by atoms with Crippen LogP contribution in [0.4, 0.5) is 11.6 Å². The number of H-pyrrole nitrogens is 1. The Labute approximate surface area is 118 Å². The number of nitrogen functional groups attached to an aromatic ring is 1. The zero-order chi connectivity index (χ0) is 13.9. The molecule has 0 amide bonds. The van der Waals surface area contributed by atoms with Gasteiger partial charge in [0.2, 0.25) is 5.95 Å². The number of imidazole rings is 1. The Kier molecular flexibility index (Phi) is 3.75. The summed E-state index contributed by atoms with van der Waals surface area (Å²) in [6, 6.07) is 5.67. The summed E-state index contributed by atoms with van der Waals surface area (Å²) in [5.41, 5.74) is 8.37. The minimum absolute atomic E-state index is 0.210. The predicted molar refractivity (Wildman–Crippen MR) is 80.8 cm³/mol. The molecule has 1 saturated heterocycles. The summed E-state index contributed by atoms with van der Waals surface area (Å²) in [4.78, 5) is 10.1. The molecule has 1 aliphatic rings. The molecule has 6 nitrogen and oxygen atoms in total.